The molecule has 2 aromatic rings. The smallest absolute Gasteiger partial charge is 0.126 e. The molecular weight excluding hydrogens is 256 g/mol. The van der Waals surface area contributed by atoms with Crippen molar-refractivity contribution in [1.82, 2.24) is 0 Å². The van der Waals surface area contributed by atoms with E-state index >= 15 is 0 Å². The van der Waals surface area contributed by atoms with Crippen LogP contribution in [0.4, 0.5) is 17.6 Å². The lowest BCUT2D eigenvalue weighted by molar-refractivity contribution is 0.569. The molecule has 0 heterocycles. The van der Waals surface area contributed by atoms with Gasteiger partial charge in [-0.3, -0.25) is 0 Å². The van der Waals surface area contributed by atoms with Crippen molar-refractivity contribution in [3.8, 4) is 0 Å². The molecule has 0 radical (unpaired) electrons. The van der Waals surface area contributed by atoms with E-state index in [2.05, 4.69) is 0 Å². The third-order valence-electron chi connectivity index (χ3n) is 2.92. The molecule has 0 spiro atoms. The van der Waals surface area contributed by atoms with Gasteiger partial charge >= 0.3 is 0 Å². The number of hydrogen-bond donors (Lipinski definition) is 0. The zero-order valence-corrected chi connectivity index (χ0v) is 10.3. The van der Waals surface area contributed by atoms with Crippen LogP contribution >= 0.6 is 0 Å². The molecule has 0 unspecified atom stereocenters. The van der Waals surface area contributed by atoms with Crippen LogP contribution in [0.15, 0.2) is 36.4 Å². The third-order valence-corrected chi connectivity index (χ3v) is 2.92. The van der Waals surface area contributed by atoms with E-state index in [1.54, 1.807) is 6.92 Å². The van der Waals surface area contributed by atoms with Crippen LogP contribution in [-0.2, 0) is 6.42 Å². The van der Waals surface area contributed by atoms with Gasteiger partial charge in [0.15, 0.2) is 0 Å². The van der Waals surface area contributed by atoms with Gasteiger partial charge in [-0.15, -0.1) is 0 Å². The summed E-state index contributed by atoms with van der Waals surface area (Å²) in [5, 5.41) is 0. The molecular formula is C15H12F4. The molecule has 2 rings (SSSR count). The predicted octanol–water partition coefficient (Wildman–Crippen LogP) is 4.59. The van der Waals surface area contributed by atoms with Crippen LogP contribution in [0.25, 0.3) is 0 Å². The molecule has 0 nitrogen and oxygen atoms in total. The van der Waals surface area contributed by atoms with E-state index in [4.69, 9.17) is 0 Å². The van der Waals surface area contributed by atoms with Crippen LogP contribution in [0.1, 0.15) is 24.0 Å². The van der Waals surface area contributed by atoms with Gasteiger partial charge in [0.1, 0.15) is 23.3 Å². The molecule has 2 aromatic carbocycles. The fraction of sp³-hybridized carbons (Fsp3) is 0.200. The molecule has 19 heavy (non-hydrogen) atoms. The summed E-state index contributed by atoms with van der Waals surface area (Å²) in [6.45, 7) is 1.75. The van der Waals surface area contributed by atoms with Crippen LogP contribution in [0.2, 0.25) is 0 Å². The van der Waals surface area contributed by atoms with Gasteiger partial charge in [0, 0.05) is 12.1 Å². The van der Waals surface area contributed by atoms with Crippen molar-refractivity contribution >= 4 is 0 Å². The van der Waals surface area contributed by atoms with Gasteiger partial charge in [0.05, 0.1) is 0 Å². The first-order valence-electron chi connectivity index (χ1n) is 5.85. The lowest BCUT2D eigenvalue weighted by Crippen LogP contribution is -2.01. The molecule has 1 atom stereocenters. The topological polar surface area (TPSA) is 0 Å². The van der Waals surface area contributed by atoms with Gasteiger partial charge in [0.25, 0.3) is 0 Å². The Labute approximate surface area is 108 Å². The van der Waals surface area contributed by atoms with E-state index < -0.39 is 23.3 Å². The predicted molar refractivity (Wildman–Crippen MR) is 64.8 cm³/mol. The lowest BCUT2D eigenvalue weighted by Gasteiger charge is -2.12. The van der Waals surface area contributed by atoms with Crippen LogP contribution in [0.5, 0.6) is 0 Å². The molecule has 0 aliphatic heterocycles. The molecule has 0 N–H and O–H groups in total. The highest BCUT2D eigenvalue weighted by Crippen LogP contribution is 2.23. The van der Waals surface area contributed by atoms with Gasteiger partial charge in [-0.2, -0.15) is 0 Å². The monoisotopic (exact) mass is 268 g/mol. The number of hydrogen-bond acceptors (Lipinski definition) is 0. The third kappa shape index (κ3) is 3.56. The standard InChI is InChI=1S/C15H12F4/c1-9(11-5-14(18)8-15(19)6-11)2-10-3-12(16)7-13(17)4-10/h3-9H,2H2,1H3/t9-/m0/s1. The molecule has 0 fully saturated rings. The van der Waals surface area contributed by atoms with Gasteiger partial charge in [-0.25, -0.2) is 17.6 Å². The summed E-state index contributed by atoms with van der Waals surface area (Å²) in [6, 6.07) is 6.46. The van der Waals surface area contributed by atoms with Crippen LogP contribution < -0.4 is 0 Å². The fourth-order valence-corrected chi connectivity index (χ4v) is 2.06. The first-order valence-corrected chi connectivity index (χ1v) is 5.85. The Kier molecular flexibility index (Phi) is 3.88. The van der Waals surface area contributed by atoms with Crippen LogP contribution in [-0.4, -0.2) is 0 Å². The van der Waals surface area contributed by atoms with Crippen molar-refractivity contribution in [2.75, 3.05) is 0 Å². The SMILES string of the molecule is C[C@@H](Cc1cc(F)cc(F)c1)c1cc(F)cc(F)c1. The van der Waals surface area contributed by atoms with Crippen molar-refractivity contribution in [1.29, 1.82) is 0 Å². The van der Waals surface area contributed by atoms with Crippen molar-refractivity contribution in [3.63, 3.8) is 0 Å². The summed E-state index contributed by atoms with van der Waals surface area (Å²) in [4.78, 5) is 0. The molecule has 0 amide bonds. The number of halogens is 4. The van der Waals surface area contributed by atoms with E-state index in [1.165, 1.54) is 24.3 Å². The summed E-state index contributed by atoms with van der Waals surface area (Å²) < 4.78 is 52.3. The van der Waals surface area contributed by atoms with Crippen molar-refractivity contribution in [2.45, 2.75) is 19.3 Å². The molecule has 0 aliphatic carbocycles. The number of benzene rings is 2. The first-order chi connectivity index (χ1) is 8.94. The minimum Gasteiger partial charge on any atom is -0.207 e. The van der Waals surface area contributed by atoms with E-state index in [-0.39, 0.29) is 5.92 Å². The fourth-order valence-electron chi connectivity index (χ4n) is 2.06. The van der Waals surface area contributed by atoms with Crippen molar-refractivity contribution in [2.24, 2.45) is 0 Å². The van der Waals surface area contributed by atoms with Crippen LogP contribution in [0, 0.1) is 23.3 Å². The quantitative estimate of drug-likeness (QED) is 0.714. The second kappa shape index (κ2) is 5.43. The summed E-state index contributed by atoms with van der Waals surface area (Å²) in [5.74, 6) is -2.88. The number of rotatable bonds is 3. The summed E-state index contributed by atoms with van der Waals surface area (Å²) in [7, 11) is 0. The molecule has 100 valence electrons. The molecule has 0 saturated carbocycles. The van der Waals surface area contributed by atoms with Gasteiger partial charge in [-0.1, -0.05) is 6.92 Å². The zero-order chi connectivity index (χ0) is 14.0. The highest BCUT2D eigenvalue weighted by Gasteiger charge is 2.11. The minimum absolute atomic E-state index is 0.244. The minimum atomic E-state index is -0.660. The Bertz CT molecular complexity index is 552. The summed E-state index contributed by atoms with van der Waals surface area (Å²) in [5.41, 5.74) is 0.914. The van der Waals surface area contributed by atoms with Crippen molar-refractivity contribution < 1.29 is 17.6 Å². The molecule has 0 aromatic heterocycles. The maximum atomic E-state index is 13.1. The van der Waals surface area contributed by atoms with Gasteiger partial charge < -0.3 is 0 Å². The highest BCUT2D eigenvalue weighted by molar-refractivity contribution is 5.25. The van der Waals surface area contributed by atoms with Gasteiger partial charge in [0.2, 0.25) is 0 Å². The Balaban J connectivity index is 2.22. The zero-order valence-electron chi connectivity index (χ0n) is 10.3. The van der Waals surface area contributed by atoms with Crippen LogP contribution in [0.3, 0.4) is 0 Å². The average Bonchev–Trinajstić information content (AvgIpc) is 2.25. The second-order valence-electron chi connectivity index (χ2n) is 4.59. The second-order valence-corrected chi connectivity index (χ2v) is 4.59. The normalized spacial score (nSPS) is 12.5. The lowest BCUT2D eigenvalue weighted by atomic mass is 9.93. The molecule has 0 saturated heterocycles. The summed E-state index contributed by atoms with van der Waals surface area (Å²) in [6.07, 6.45) is 0.303. The average molecular weight is 268 g/mol. The molecule has 0 aliphatic rings. The van der Waals surface area contributed by atoms with E-state index in [0.717, 1.165) is 12.1 Å². The molecule has 4 heteroatoms. The van der Waals surface area contributed by atoms with E-state index in [0.29, 0.717) is 17.5 Å². The maximum Gasteiger partial charge on any atom is 0.126 e. The first kappa shape index (κ1) is 13.6. The van der Waals surface area contributed by atoms with Crippen molar-refractivity contribution in [3.05, 3.63) is 70.8 Å². The highest BCUT2D eigenvalue weighted by atomic mass is 19.1. The Morgan fingerprint density at radius 1 is 0.737 bits per heavy atom. The largest absolute Gasteiger partial charge is 0.207 e. The van der Waals surface area contributed by atoms with Gasteiger partial charge in [-0.05, 0) is 47.7 Å². The van der Waals surface area contributed by atoms with E-state index in [9.17, 15) is 17.6 Å². The Hall–Kier alpha value is -1.84. The maximum absolute atomic E-state index is 13.1. The Morgan fingerprint density at radius 3 is 1.63 bits per heavy atom. The summed E-state index contributed by atoms with van der Waals surface area (Å²) >= 11 is 0. The van der Waals surface area contributed by atoms with E-state index in [1.807, 2.05) is 0 Å². The molecule has 0 bridgehead atoms. The Morgan fingerprint density at radius 2 is 1.16 bits per heavy atom.